The van der Waals surface area contributed by atoms with Crippen LogP contribution in [0.25, 0.3) is 11.0 Å². The molecular weight excluding hydrogens is 341 g/mol. The minimum Gasteiger partial charge on any atom is -0.237 e. The fourth-order valence-corrected chi connectivity index (χ4v) is 4.81. The molecule has 5 nitrogen and oxygen atoms in total. The highest BCUT2D eigenvalue weighted by molar-refractivity contribution is 7.89. The number of aromatic nitrogens is 2. The number of hydrogen-bond donors (Lipinski definition) is 0. The minimum atomic E-state index is -3.68. The molecule has 0 spiro atoms. The largest absolute Gasteiger partial charge is 0.243 e. The molecule has 1 aromatic carbocycles. The first-order valence-electron chi connectivity index (χ1n) is 7.95. The molecule has 0 N–H and O–H groups in total. The van der Waals surface area contributed by atoms with Gasteiger partial charge in [0.1, 0.15) is 5.82 Å². The summed E-state index contributed by atoms with van der Waals surface area (Å²) in [7, 11) is -3.68. The summed E-state index contributed by atoms with van der Waals surface area (Å²) in [6.07, 6.45) is 2.22. The van der Waals surface area contributed by atoms with E-state index in [9.17, 15) is 12.8 Å². The Hall–Kier alpha value is -2.38. The summed E-state index contributed by atoms with van der Waals surface area (Å²) in [5.41, 5.74) is 2.85. The second kappa shape index (κ2) is 5.86. The van der Waals surface area contributed by atoms with Crippen molar-refractivity contribution < 1.29 is 12.8 Å². The molecule has 1 aliphatic heterocycles. The zero-order valence-corrected chi connectivity index (χ0v) is 14.4. The molecule has 4 rings (SSSR count). The Labute approximate surface area is 145 Å². The van der Waals surface area contributed by atoms with Gasteiger partial charge in [-0.15, -0.1) is 0 Å². The second-order valence-corrected chi connectivity index (χ2v) is 8.05. The van der Waals surface area contributed by atoms with Crippen molar-refractivity contribution in [3.8, 4) is 0 Å². The summed E-state index contributed by atoms with van der Waals surface area (Å²) in [5, 5.41) is 0.887. The van der Waals surface area contributed by atoms with Gasteiger partial charge in [-0.3, -0.25) is 0 Å². The van der Waals surface area contributed by atoms with Gasteiger partial charge in [-0.05, 0) is 54.4 Å². The van der Waals surface area contributed by atoms with Gasteiger partial charge in [0, 0.05) is 36.8 Å². The van der Waals surface area contributed by atoms with Crippen LogP contribution in [-0.4, -0.2) is 29.2 Å². The molecule has 0 atom stereocenters. The fourth-order valence-electron chi connectivity index (χ4n) is 3.19. The average molecular weight is 357 g/mol. The van der Waals surface area contributed by atoms with Gasteiger partial charge in [-0.1, -0.05) is 0 Å². The summed E-state index contributed by atoms with van der Waals surface area (Å²) >= 11 is 0. The van der Waals surface area contributed by atoms with E-state index in [4.69, 9.17) is 0 Å². The number of sulfonamides is 1. The maximum Gasteiger partial charge on any atom is 0.243 e. The minimum absolute atomic E-state index is 0.146. The van der Waals surface area contributed by atoms with Crippen LogP contribution < -0.4 is 0 Å². The zero-order valence-electron chi connectivity index (χ0n) is 13.6. The van der Waals surface area contributed by atoms with E-state index in [0.717, 1.165) is 16.6 Å². The Morgan fingerprint density at radius 1 is 1.20 bits per heavy atom. The lowest BCUT2D eigenvalue weighted by molar-refractivity contribution is 0.388. The van der Waals surface area contributed by atoms with Crippen LogP contribution in [0.15, 0.2) is 47.5 Å². The highest BCUT2D eigenvalue weighted by Gasteiger charge is 2.30. The molecule has 7 heteroatoms. The quantitative estimate of drug-likeness (QED) is 0.707. The predicted molar refractivity (Wildman–Crippen MR) is 92.0 cm³/mol. The molecule has 2 aromatic heterocycles. The van der Waals surface area contributed by atoms with Crippen molar-refractivity contribution in [3.63, 3.8) is 0 Å². The Bertz CT molecular complexity index is 1080. The van der Waals surface area contributed by atoms with Crippen molar-refractivity contribution in [1.29, 1.82) is 0 Å². The van der Waals surface area contributed by atoms with Crippen molar-refractivity contribution in [2.24, 2.45) is 0 Å². The average Bonchev–Trinajstić information content (AvgIpc) is 2.59. The first kappa shape index (κ1) is 16.1. The molecule has 1 aliphatic rings. The molecule has 25 heavy (non-hydrogen) atoms. The Balaban J connectivity index is 1.73. The Kier molecular flexibility index (Phi) is 3.77. The number of halogens is 1. The van der Waals surface area contributed by atoms with Gasteiger partial charge in [0.15, 0.2) is 5.65 Å². The lowest BCUT2D eigenvalue weighted by Crippen LogP contribution is -2.36. The summed E-state index contributed by atoms with van der Waals surface area (Å²) in [6.45, 7) is 2.21. The highest BCUT2D eigenvalue weighted by atomic mass is 32.2. The van der Waals surface area contributed by atoms with Crippen LogP contribution >= 0.6 is 0 Å². The van der Waals surface area contributed by atoms with Crippen LogP contribution in [0, 0.1) is 12.7 Å². The maximum atomic E-state index is 13.3. The van der Waals surface area contributed by atoms with E-state index < -0.39 is 15.8 Å². The zero-order chi connectivity index (χ0) is 17.6. The smallest absolute Gasteiger partial charge is 0.237 e. The van der Waals surface area contributed by atoms with Crippen molar-refractivity contribution in [1.82, 2.24) is 14.3 Å². The van der Waals surface area contributed by atoms with Gasteiger partial charge in [0.05, 0.1) is 4.90 Å². The molecule has 0 saturated carbocycles. The van der Waals surface area contributed by atoms with Gasteiger partial charge < -0.3 is 0 Å². The van der Waals surface area contributed by atoms with Crippen LogP contribution in [0.2, 0.25) is 0 Å². The van der Waals surface area contributed by atoms with Crippen molar-refractivity contribution in [2.45, 2.75) is 24.8 Å². The van der Waals surface area contributed by atoms with Crippen LogP contribution in [0.4, 0.5) is 4.39 Å². The summed E-state index contributed by atoms with van der Waals surface area (Å²) in [6, 6.07) is 9.44. The van der Waals surface area contributed by atoms with Crippen LogP contribution in [-0.2, 0) is 23.0 Å². The number of hydrogen-bond acceptors (Lipinski definition) is 4. The number of aryl methyl sites for hydroxylation is 1. The molecule has 0 amide bonds. The van der Waals surface area contributed by atoms with E-state index in [1.165, 1.54) is 22.5 Å². The third kappa shape index (κ3) is 2.79. The van der Waals surface area contributed by atoms with E-state index in [2.05, 4.69) is 9.97 Å². The summed E-state index contributed by atoms with van der Waals surface area (Å²) < 4.78 is 40.7. The number of pyridine rings is 2. The number of fused-ring (bicyclic) bond motifs is 2. The van der Waals surface area contributed by atoms with E-state index in [0.29, 0.717) is 24.2 Å². The van der Waals surface area contributed by atoms with Gasteiger partial charge in [0.2, 0.25) is 10.0 Å². The van der Waals surface area contributed by atoms with E-state index >= 15 is 0 Å². The molecule has 0 saturated heterocycles. The number of benzene rings is 1. The standard InChI is InChI=1S/C18H16FN3O2S/c1-12-9-15(19)4-5-17(12)25(23,24)22-8-6-16-14(11-22)10-13-3-2-7-20-18(13)21-16/h2-5,7,9-10H,6,8,11H2,1H3. The first-order valence-corrected chi connectivity index (χ1v) is 9.39. The predicted octanol–water partition coefficient (Wildman–Crippen LogP) is 2.82. The Morgan fingerprint density at radius 3 is 2.84 bits per heavy atom. The van der Waals surface area contributed by atoms with Gasteiger partial charge in [-0.25, -0.2) is 22.8 Å². The third-order valence-corrected chi connectivity index (χ3v) is 6.46. The van der Waals surface area contributed by atoms with Gasteiger partial charge in [0.25, 0.3) is 0 Å². The highest BCUT2D eigenvalue weighted by Crippen LogP contribution is 2.27. The van der Waals surface area contributed by atoms with Crippen molar-refractivity contribution in [2.75, 3.05) is 6.54 Å². The number of nitrogens with zero attached hydrogens (tertiary/aromatic N) is 3. The molecule has 128 valence electrons. The summed E-state index contributed by atoms with van der Waals surface area (Å²) in [5.74, 6) is -0.441. The maximum absolute atomic E-state index is 13.3. The first-order chi connectivity index (χ1) is 11.9. The Morgan fingerprint density at radius 2 is 2.04 bits per heavy atom. The molecular formula is C18H16FN3O2S. The second-order valence-electron chi connectivity index (χ2n) is 6.14. The number of rotatable bonds is 2. The molecule has 0 aliphatic carbocycles. The van der Waals surface area contributed by atoms with Crippen molar-refractivity contribution >= 4 is 21.1 Å². The van der Waals surface area contributed by atoms with Gasteiger partial charge in [-0.2, -0.15) is 4.31 Å². The monoisotopic (exact) mass is 357 g/mol. The lowest BCUT2D eigenvalue weighted by Gasteiger charge is -2.28. The topological polar surface area (TPSA) is 63.2 Å². The van der Waals surface area contributed by atoms with Gasteiger partial charge >= 0.3 is 0 Å². The molecule has 0 unspecified atom stereocenters. The molecule has 0 bridgehead atoms. The fraction of sp³-hybridized carbons (Fsp3) is 0.222. The van der Waals surface area contributed by atoms with E-state index in [1.807, 2.05) is 18.2 Å². The third-order valence-electron chi connectivity index (χ3n) is 4.46. The van der Waals surface area contributed by atoms with Crippen LogP contribution in [0.1, 0.15) is 16.8 Å². The molecule has 3 heterocycles. The van der Waals surface area contributed by atoms with Crippen LogP contribution in [0.3, 0.4) is 0 Å². The lowest BCUT2D eigenvalue weighted by atomic mass is 10.1. The normalized spacial score (nSPS) is 15.3. The molecule has 0 radical (unpaired) electrons. The summed E-state index contributed by atoms with van der Waals surface area (Å²) in [4.78, 5) is 8.94. The van der Waals surface area contributed by atoms with E-state index in [1.54, 1.807) is 13.1 Å². The molecule has 3 aromatic rings. The van der Waals surface area contributed by atoms with E-state index in [-0.39, 0.29) is 11.4 Å². The van der Waals surface area contributed by atoms with Crippen LogP contribution in [0.5, 0.6) is 0 Å². The van der Waals surface area contributed by atoms with Crippen molar-refractivity contribution in [3.05, 3.63) is 65.2 Å². The molecule has 0 fully saturated rings. The SMILES string of the molecule is Cc1cc(F)ccc1S(=O)(=O)N1CCc2nc3ncccc3cc2C1.